The van der Waals surface area contributed by atoms with Gasteiger partial charge in [-0.2, -0.15) is 0 Å². The second-order valence-corrected chi connectivity index (χ2v) is 5.65. The smallest absolute Gasteiger partial charge is 0.167 e. The van der Waals surface area contributed by atoms with E-state index in [-0.39, 0.29) is 18.0 Å². The minimum Gasteiger partial charge on any atom is -0.312 e. The fourth-order valence-electron chi connectivity index (χ4n) is 2.61. The van der Waals surface area contributed by atoms with E-state index in [0.717, 1.165) is 25.1 Å². The number of carbonyl (C=O) groups excluding carboxylic acids is 1. The third kappa shape index (κ3) is 3.14. The molecule has 2 nitrogen and oxygen atoms in total. The van der Waals surface area contributed by atoms with Crippen LogP contribution in [-0.4, -0.2) is 12.3 Å². The molecule has 0 atom stereocenters. The van der Waals surface area contributed by atoms with Gasteiger partial charge in [0.25, 0.3) is 0 Å². The van der Waals surface area contributed by atoms with Crippen LogP contribution in [0, 0.1) is 5.82 Å². The van der Waals surface area contributed by atoms with E-state index in [1.54, 1.807) is 0 Å². The zero-order valence-electron chi connectivity index (χ0n) is 11.5. The van der Waals surface area contributed by atoms with Crippen molar-refractivity contribution in [1.29, 1.82) is 0 Å². The summed E-state index contributed by atoms with van der Waals surface area (Å²) in [5, 5.41) is 3.71. The molecule has 0 saturated heterocycles. The lowest BCUT2D eigenvalue weighted by molar-refractivity contribution is 0.0993. The molecule has 1 heterocycles. The number of ketones is 1. The van der Waals surface area contributed by atoms with Gasteiger partial charge >= 0.3 is 0 Å². The number of hydrogen-bond acceptors (Lipinski definition) is 2. The highest BCUT2D eigenvalue weighted by atomic mass is 35.5. The summed E-state index contributed by atoms with van der Waals surface area (Å²) in [7, 11) is 0. The maximum Gasteiger partial charge on any atom is 0.167 e. The van der Waals surface area contributed by atoms with Gasteiger partial charge in [0.2, 0.25) is 0 Å². The summed E-state index contributed by atoms with van der Waals surface area (Å²) < 4.78 is 13.2. The number of halogens is 2. The fourth-order valence-corrected chi connectivity index (χ4v) is 2.79. The van der Waals surface area contributed by atoms with Gasteiger partial charge in [0, 0.05) is 23.6 Å². The summed E-state index contributed by atoms with van der Waals surface area (Å²) >= 11 is 6.01. The van der Waals surface area contributed by atoms with E-state index in [1.165, 1.54) is 23.8 Å². The van der Waals surface area contributed by atoms with Gasteiger partial charge in [-0.25, -0.2) is 4.39 Å². The Hall–Kier alpha value is -1.71. The number of fused-ring (bicyclic) bond motifs is 1. The minimum absolute atomic E-state index is 0.0455. The van der Waals surface area contributed by atoms with Gasteiger partial charge in [0.1, 0.15) is 5.82 Å². The Bertz CT molecular complexity index is 699. The molecule has 0 aliphatic carbocycles. The van der Waals surface area contributed by atoms with Crippen molar-refractivity contribution < 1.29 is 9.18 Å². The van der Waals surface area contributed by atoms with E-state index in [1.807, 2.05) is 18.2 Å². The van der Waals surface area contributed by atoms with Crippen molar-refractivity contribution in [3.8, 4) is 0 Å². The van der Waals surface area contributed by atoms with Crippen molar-refractivity contribution in [3.63, 3.8) is 0 Å². The van der Waals surface area contributed by atoms with Gasteiger partial charge in [-0.1, -0.05) is 23.7 Å². The van der Waals surface area contributed by atoms with Gasteiger partial charge < -0.3 is 5.32 Å². The van der Waals surface area contributed by atoms with Crippen molar-refractivity contribution in [2.24, 2.45) is 0 Å². The number of benzene rings is 2. The Labute approximate surface area is 127 Å². The molecule has 2 aromatic carbocycles. The monoisotopic (exact) mass is 303 g/mol. The van der Waals surface area contributed by atoms with Gasteiger partial charge in [0.05, 0.1) is 0 Å². The largest absolute Gasteiger partial charge is 0.312 e. The standard InChI is InChI=1S/C17H15ClFNO/c18-16-4-3-15(19)8-13(16)9-17(21)12-2-1-11-5-6-20-10-14(11)7-12/h1-4,7-8,20H,5-6,9-10H2. The van der Waals surface area contributed by atoms with Crippen LogP contribution >= 0.6 is 11.6 Å². The van der Waals surface area contributed by atoms with Crippen LogP contribution < -0.4 is 5.32 Å². The van der Waals surface area contributed by atoms with E-state index in [0.29, 0.717) is 16.1 Å². The molecule has 1 N–H and O–H groups in total. The normalized spacial score (nSPS) is 13.8. The summed E-state index contributed by atoms with van der Waals surface area (Å²) in [4.78, 5) is 12.4. The van der Waals surface area contributed by atoms with Crippen LogP contribution in [-0.2, 0) is 19.4 Å². The fraction of sp³-hybridized carbons (Fsp3) is 0.235. The summed E-state index contributed by atoms with van der Waals surface area (Å²) in [6.07, 6.45) is 1.10. The molecule has 0 amide bonds. The molecule has 0 spiro atoms. The first-order chi connectivity index (χ1) is 10.1. The van der Waals surface area contributed by atoms with Gasteiger partial charge in [0.15, 0.2) is 5.78 Å². The summed E-state index contributed by atoms with van der Waals surface area (Å²) in [5.74, 6) is -0.423. The van der Waals surface area contributed by atoms with Crippen LogP contribution in [0.15, 0.2) is 36.4 Å². The predicted molar refractivity (Wildman–Crippen MR) is 81.3 cm³/mol. The number of rotatable bonds is 3. The highest BCUT2D eigenvalue weighted by Crippen LogP contribution is 2.21. The second kappa shape index (κ2) is 5.96. The number of Topliss-reactive ketones (excluding diaryl/α,β-unsaturated/α-hetero) is 1. The third-order valence-corrected chi connectivity index (χ3v) is 4.14. The molecule has 1 aliphatic heterocycles. The van der Waals surface area contributed by atoms with Crippen molar-refractivity contribution >= 4 is 17.4 Å². The highest BCUT2D eigenvalue weighted by Gasteiger charge is 2.14. The zero-order valence-corrected chi connectivity index (χ0v) is 12.2. The van der Waals surface area contributed by atoms with Gasteiger partial charge in [-0.3, -0.25) is 4.79 Å². The molecule has 0 bridgehead atoms. The van der Waals surface area contributed by atoms with E-state index in [9.17, 15) is 9.18 Å². The van der Waals surface area contributed by atoms with E-state index in [4.69, 9.17) is 11.6 Å². The second-order valence-electron chi connectivity index (χ2n) is 5.25. The Morgan fingerprint density at radius 3 is 2.90 bits per heavy atom. The van der Waals surface area contributed by atoms with Gasteiger partial charge in [-0.15, -0.1) is 0 Å². The topological polar surface area (TPSA) is 29.1 Å². The Morgan fingerprint density at radius 1 is 1.19 bits per heavy atom. The molecule has 0 radical (unpaired) electrons. The molecule has 1 aliphatic rings. The first-order valence-corrected chi connectivity index (χ1v) is 7.31. The third-order valence-electron chi connectivity index (χ3n) is 3.77. The number of nitrogens with one attached hydrogen (secondary N) is 1. The van der Waals surface area contributed by atoms with E-state index in [2.05, 4.69) is 5.32 Å². The Kier molecular flexibility index (Phi) is 4.04. The Balaban J connectivity index is 1.83. The lowest BCUT2D eigenvalue weighted by Gasteiger charge is -2.17. The molecule has 0 fully saturated rings. The first kappa shape index (κ1) is 14.2. The number of hydrogen-bond donors (Lipinski definition) is 1. The molecule has 2 aromatic rings. The molecular formula is C17H15ClFNO. The van der Waals surface area contributed by atoms with Crippen LogP contribution in [0.3, 0.4) is 0 Å². The lowest BCUT2D eigenvalue weighted by atomic mass is 9.95. The van der Waals surface area contributed by atoms with E-state index >= 15 is 0 Å². The highest BCUT2D eigenvalue weighted by molar-refractivity contribution is 6.31. The number of carbonyl (C=O) groups is 1. The summed E-state index contributed by atoms with van der Waals surface area (Å²) in [5.41, 5.74) is 3.63. The van der Waals surface area contributed by atoms with Gasteiger partial charge in [-0.05, 0) is 53.9 Å². The van der Waals surface area contributed by atoms with Crippen LogP contribution in [0.5, 0.6) is 0 Å². The quantitative estimate of drug-likeness (QED) is 0.879. The molecular weight excluding hydrogens is 289 g/mol. The SMILES string of the molecule is O=C(Cc1cc(F)ccc1Cl)c1ccc2c(c1)CNCC2. The van der Waals surface area contributed by atoms with Crippen LogP contribution in [0.2, 0.25) is 5.02 Å². The minimum atomic E-state index is -0.378. The molecule has 21 heavy (non-hydrogen) atoms. The zero-order chi connectivity index (χ0) is 14.8. The van der Waals surface area contributed by atoms with Crippen molar-refractivity contribution in [1.82, 2.24) is 5.32 Å². The first-order valence-electron chi connectivity index (χ1n) is 6.93. The maximum absolute atomic E-state index is 13.2. The van der Waals surface area contributed by atoms with Crippen molar-refractivity contribution in [2.45, 2.75) is 19.4 Å². The average Bonchev–Trinajstić information content (AvgIpc) is 2.50. The molecule has 3 rings (SSSR count). The Morgan fingerprint density at radius 2 is 2.05 bits per heavy atom. The predicted octanol–water partition coefficient (Wildman–Crippen LogP) is 3.55. The van der Waals surface area contributed by atoms with Crippen LogP contribution in [0.4, 0.5) is 4.39 Å². The summed E-state index contributed by atoms with van der Waals surface area (Å²) in [6, 6.07) is 9.88. The van der Waals surface area contributed by atoms with Crippen molar-refractivity contribution in [2.75, 3.05) is 6.54 Å². The van der Waals surface area contributed by atoms with Crippen molar-refractivity contribution in [3.05, 3.63) is 69.5 Å². The summed E-state index contributed by atoms with van der Waals surface area (Å²) in [6.45, 7) is 1.76. The average molecular weight is 304 g/mol. The molecule has 0 aromatic heterocycles. The van der Waals surface area contributed by atoms with E-state index < -0.39 is 0 Å². The maximum atomic E-state index is 13.2. The molecule has 0 unspecified atom stereocenters. The lowest BCUT2D eigenvalue weighted by Crippen LogP contribution is -2.24. The molecule has 4 heteroatoms. The van der Waals surface area contributed by atoms with Crippen LogP contribution in [0.25, 0.3) is 0 Å². The molecule has 108 valence electrons. The van der Waals surface area contributed by atoms with Crippen LogP contribution in [0.1, 0.15) is 27.0 Å². The molecule has 0 saturated carbocycles.